The maximum Gasteiger partial charge on any atom is 0.118 e. The molecule has 4 nitrogen and oxygen atoms in total. The number of benzene rings is 1. The Bertz CT molecular complexity index is 573. The molecule has 0 radical (unpaired) electrons. The maximum absolute atomic E-state index is 10.3. The third-order valence-electron chi connectivity index (χ3n) is 3.73. The van der Waals surface area contributed by atoms with Gasteiger partial charge in [0.2, 0.25) is 0 Å². The molecule has 1 heterocycles. The number of aliphatic hydroxyl groups is 1. The number of methoxy groups -OCH3 is 1. The van der Waals surface area contributed by atoms with E-state index in [9.17, 15) is 5.11 Å². The summed E-state index contributed by atoms with van der Waals surface area (Å²) in [7, 11) is 1.63. The second-order valence-electron chi connectivity index (χ2n) is 4.97. The predicted octanol–water partition coefficient (Wildman–Crippen LogP) is 2.80. The van der Waals surface area contributed by atoms with Crippen LogP contribution in [-0.2, 0) is 13.0 Å². The largest absolute Gasteiger partial charge is 0.497 e. The van der Waals surface area contributed by atoms with Crippen LogP contribution in [0.3, 0.4) is 0 Å². The van der Waals surface area contributed by atoms with Crippen LogP contribution in [0.2, 0.25) is 0 Å². The summed E-state index contributed by atoms with van der Waals surface area (Å²) >= 11 is 0. The number of hydrogen-bond acceptors (Lipinski definition) is 3. The van der Waals surface area contributed by atoms with Crippen molar-refractivity contribution in [2.75, 3.05) is 7.11 Å². The summed E-state index contributed by atoms with van der Waals surface area (Å²) in [6, 6.07) is 7.49. The molecule has 0 fully saturated rings. The summed E-state index contributed by atoms with van der Waals surface area (Å²) in [5.74, 6) is 0.792. The van der Waals surface area contributed by atoms with Crippen LogP contribution in [0.4, 0.5) is 0 Å². The molecule has 1 N–H and O–H groups in total. The molecule has 1 atom stereocenters. The number of aliphatic hydroxyl groups excluding tert-OH is 1. The highest BCUT2D eigenvalue weighted by atomic mass is 16.5. The monoisotopic (exact) mass is 274 g/mol. The zero-order valence-corrected chi connectivity index (χ0v) is 12.6. The summed E-state index contributed by atoms with van der Waals surface area (Å²) in [6.45, 7) is 6.67. The van der Waals surface area contributed by atoms with Gasteiger partial charge in [0.1, 0.15) is 5.75 Å². The van der Waals surface area contributed by atoms with Crippen molar-refractivity contribution >= 4 is 0 Å². The van der Waals surface area contributed by atoms with Crippen LogP contribution in [0.25, 0.3) is 0 Å². The molecular formula is C16H22N2O2. The summed E-state index contributed by atoms with van der Waals surface area (Å²) < 4.78 is 7.01. The van der Waals surface area contributed by atoms with Gasteiger partial charge in [-0.1, -0.05) is 19.1 Å². The van der Waals surface area contributed by atoms with E-state index >= 15 is 0 Å². The van der Waals surface area contributed by atoms with Crippen LogP contribution in [0, 0.1) is 13.8 Å². The van der Waals surface area contributed by atoms with Gasteiger partial charge < -0.3 is 9.84 Å². The molecule has 2 aromatic rings. The molecule has 0 saturated carbocycles. The van der Waals surface area contributed by atoms with Gasteiger partial charge in [0.15, 0.2) is 0 Å². The molecule has 2 rings (SSSR count). The zero-order chi connectivity index (χ0) is 14.7. The molecule has 1 aromatic heterocycles. The van der Waals surface area contributed by atoms with Crippen LogP contribution < -0.4 is 4.74 Å². The Kier molecular flexibility index (Phi) is 4.45. The van der Waals surface area contributed by atoms with Crippen LogP contribution >= 0.6 is 0 Å². The van der Waals surface area contributed by atoms with E-state index in [1.807, 2.05) is 35.9 Å². The number of rotatable bonds is 5. The number of hydrogen-bond donors (Lipinski definition) is 1. The summed E-state index contributed by atoms with van der Waals surface area (Å²) in [4.78, 5) is 0. The highest BCUT2D eigenvalue weighted by Crippen LogP contribution is 2.21. The van der Waals surface area contributed by atoms with E-state index in [0.29, 0.717) is 6.54 Å². The molecule has 1 aromatic carbocycles. The van der Waals surface area contributed by atoms with Crippen molar-refractivity contribution in [3.05, 3.63) is 46.8 Å². The Balaban J connectivity index is 2.16. The second-order valence-corrected chi connectivity index (χ2v) is 4.97. The SMILES string of the molecule is CCc1c(C)nn(CC(O)c2ccc(OC)cc2)c1C. The molecule has 1 unspecified atom stereocenters. The number of aromatic nitrogens is 2. The fourth-order valence-corrected chi connectivity index (χ4v) is 2.52. The Labute approximate surface area is 120 Å². The summed E-state index contributed by atoms with van der Waals surface area (Å²) in [6.07, 6.45) is 0.402. The molecule has 0 aliphatic carbocycles. The molecule has 108 valence electrons. The van der Waals surface area contributed by atoms with E-state index < -0.39 is 6.10 Å². The van der Waals surface area contributed by atoms with Gasteiger partial charge >= 0.3 is 0 Å². The Hall–Kier alpha value is -1.81. The van der Waals surface area contributed by atoms with Crippen molar-refractivity contribution in [2.24, 2.45) is 0 Å². The van der Waals surface area contributed by atoms with E-state index in [0.717, 1.165) is 29.1 Å². The van der Waals surface area contributed by atoms with Gasteiger partial charge in [-0.3, -0.25) is 4.68 Å². The van der Waals surface area contributed by atoms with E-state index in [-0.39, 0.29) is 0 Å². The first-order valence-electron chi connectivity index (χ1n) is 6.91. The predicted molar refractivity (Wildman–Crippen MR) is 79.0 cm³/mol. The lowest BCUT2D eigenvalue weighted by Crippen LogP contribution is -2.11. The number of nitrogens with zero attached hydrogens (tertiary/aromatic N) is 2. The van der Waals surface area contributed by atoms with Gasteiger partial charge in [-0.15, -0.1) is 0 Å². The topological polar surface area (TPSA) is 47.3 Å². The van der Waals surface area contributed by atoms with Gasteiger partial charge in [0.25, 0.3) is 0 Å². The minimum absolute atomic E-state index is 0.471. The van der Waals surface area contributed by atoms with E-state index in [1.165, 1.54) is 5.56 Å². The summed E-state index contributed by atoms with van der Waals surface area (Å²) in [5.41, 5.74) is 4.33. The van der Waals surface area contributed by atoms with Gasteiger partial charge in [-0.25, -0.2) is 0 Å². The Morgan fingerprint density at radius 1 is 1.25 bits per heavy atom. The number of aryl methyl sites for hydroxylation is 1. The Morgan fingerprint density at radius 3 is 2.40 bits per heavy atom. The second kappa shape index (κ2) is 6.09. The van der Waals surface area contributed by atoms with Crippen molar-refractivity contribution in [1.82, 2.24) is 9.78 Å². The third kappa shape index (κ3) is 2.85. The van der Waals surface area contributed by atoms with Crippen molar-refractivity contribution in [3.63, 3.8) is 0 Å². The number of ether oxygens (including phenoxy) is 1. The summed E-state index contributed by atoms with van der Waals surface area (Å²) in [5, 5.41) is 14.8. The lowest BCUT2D eigenvalue weighted by atomic mass is 10.1. The molecule has 0 aliphatic rings. The third-order valence-corrected chi connectivity index (χ3v) is 3.73. The van der Waals surface area contributed by atoms with Crippen molar-refractivity contribution in [3.8, 4) is 5.75 Å². The minimum Gasteiger partial charge on any atom is -0.497 e. The highest BCUT2D eigenvalue weighted by Gasteiger charge is 2.14. The van der Waals surface area contributed by atoms with E-state index in [2.05, 4.69) is 18.9 Å². The lowest BCUT2D eigenvalue weighted by molar-refractivity contribution is 0.150. The minimum atomic E-state index is -0.566. The van der Waals surface area contributed by atoms with E-state index in [4.69, 9.17) is 4.74 Å². The van der Waals surface area contributed by atoms with Crippen LogP contribution in [0.1, 0.15) is 35.5 Å². The first kappa shape index (κ1) is 14.6. The first-order chi connectivity index (χ1) is 9.56. The first-order valence-corrected chi connectivity index (χ1v) is 6.91. The molecule has 0 spiro atoms. The Morgan fingerprint density at radius 2 is 1.90 bits per heavy atom. The van der Waals surface area contributed by atoms with Crippen LogP contribution in [0.15, 0.2) is 24.3 Å². The average molecular weight is 274 g/mol. The standard InChI is InChI=1S/C16H22N2O2/c1-5-15-11(2)17-18(12(15)3)10-16(19)13-6-8-14(20-4)9-7-13/h6-9,16,19H,5,10H2,1-4H3. The van der Waals surface area contributed by atoms with Crippen LogP contribution in [0.5, 0.6) is 5.75 Å². The fraction of sp³-hybridized carbons (Fsp3) is 0.438. The molecule has 20 heavy (non-hydrogen) atoms. The van der Waals surface area contributed by atoms with Crippen LogP contribution in [-0.4, -0.2) is 22.0 Å². The van der Waals surface area contributed by atoms with Gasteiger partial charge in [-0.2, -0.15) is 5.10 Å². The molecule has 0 bridgehead atoms. The van der Waals surface area contributed by atoms with Gasteiger partial charge in [-0.05, 0) is 43.5 Å². The maximum atomic E-state index is 10.3. The molecule has 0 saturated heterocycles. The lowest BCUT2D eigenvalue weighted by Gasteiger charge is -2.13. The quantitative estimate of drug-likeness (QED) is 0.912. The van der Waals surface area contributed by atoms with Gasteiger partial charge in [0.05, 0.1) is 25.5 Å². The van der Waals surface area contributed by atoms with Crippen molar-refractivity contribution < 1.29 is 9.84 Å². The molecule has 0 aliphatic heterocycles. The van der Waals surface area contributed by atoms with Crippen molar-refractivity contribution in [2.45, 2.75) is 39.8 Å². The highest BCUT2D eigenvalue weighted by molar-refractivity contribution is 5.29. The molecule has 0 amide bonds. The van der Waals surface area contributed by atoms with Crippen molar-refractivity contribution in [1.29, 1.82) is 0 Å². The molecular weight excluding hydrogens is 252 g/mol. The zero-order valence-electron chi connectivity index (χ0n) is 12.6. The normalized spacial score (nSPS) is 12.4. The average Bonchev–Trinajstić information content (AvgIpc) is 2.73. The van der Waals surface area contributed by atoms with Gasteiger partial charge in [0, 0.05) is 5.69 Å². The van der Waals surface area contributed by atoms with E-state index in [1.54, 1.807) is 7.11 Å². The fourth-order valence-electron chi connectivity index (χ4n) is 2.52. The smallest absolute Gasteiger partial charge is 0.118 e. The molecule has 4 heteroatoms.